The molecule has 2 atom stereocenters. The summed E-state index contributed by atoms with van der Waals surface area (Å²) in [5.41, 5.74) is 2.11. The first kappa shape index (κ1) is 17.9. The number of hydrogen-bond donors (Lipinski definition) is 1. The Morgan fingerprint density at radius 1 is 1.32 bits per heavy atom. The minimum atomic E-state index is -0.230. The second-order valence-corrected chi connectivity index (χ2v) is 7.29. The Morgan fingerprint density at radius 2 is 2.08 bits per heavy atom. The van der Waals surface area contributed by atoms with Gasteiger partial charge >= 0.3 is 0 Å². The average Bonchev–Trinajstić information content (AvgIpc) is 3.14. The van der Waals surface area contributed by atoms with Crippen molar-refractivity contribution in [1.29, 1.82) is 0 Å². The molecule has 1 aliphatic carbocycles. The summed E-state index contributed by atoms with van der Waals surface area (Å²) in [4.78, 5) is 19.4. The number of carbonyl (C=O) groups is 1. The Labute approximate surface area is 153 Å². The van der Waals surface area contributed by atoms with Gasteiger partial charge in [-0.1, -0.05) is 11.6 Å². The van der Waals surface area contributed by atoms with Crippen LogP contribution in [-0.4, -0.2) is 51.8 Å². The monoisotopic (exact) mass is 361 g/mol. The molecular formula is C18H24ClN5O. The number of amides is 1. The third kappa shape index (κ3) is 3.70. The Kier molecular flexibility index (Phi) is 5.11. The van der Waals surface area contributed by atoms with Gasteiger partial charge in [-0.3, -0.25) is 4.79 Å². The van der Waals surface area contributed by atoms with E-state index in [1.165, 1.54) is 0 Å². The van der Waals surface area contributed by atoms with E-state index in [0.717, 1.165) is 30.7 Å². The molecule has 2 aromatic heterocycles. The van der Waals surface area contributed by atoms with Crippen LogP contribution in [0.1, 0.15) is 41.1 Å². The number of rotatable bonds is 4. The van der Waals surface area contributed by atoms with E-state index in [9.17, 15) is 4.79 Å². The van der Waals surface area contributed by atoms with E-state index >= 15 is 0 Å². The lowest BCUT2D eigenvalue weighted by Gasteiger charge is -2.26. The molecule has 6 nitrogen and oxygen atoms in total. The van der Waals surface area contributed by atoms with Gasteiger partial charge in [0, 0.05) is 17.8 Å². The Hall–Kier alpha value is -1.92. The van der Waals surface area contributed by atoms with Gasteiger partial charge in [-0.05, 0) is 65.4 Å². The van der Waals surface area contributed by atoms with Gasteiger partial charge in [0.15, 0.2) is 5.82 Å². The average molecular weight is 362 g/mol. The topological polar surface area (TPSA) is 63.1 Å². The largest absolute Gasteiger partial charge is 0.346 e. The van der Waals surface area contributed by atoms with Crippen LogP contribution in [-0.2, 0) is 0 Å². The number of pyridine rings is 1. The second-order valence-electron chi connectivity index (χ2n) is 6.88. The second kappa shape index (κ2) is 7.14. The molecule has 0 aliphatic heterocycles. The molecule has 0 saturated heterocycles. The van der Waals surface area contributed by atoms with Crippen LogP contribution < -0.4 is 5.32 Å². The van der Waals surface area contributed by atoms with E-state index in [0.29, 0.717) is 16.9 Å². The minimum Gasteiger partial charge on any atom is -0.346 e. The van der Waals surface area contributed by atoms with Gasteiger partial charge in [-0.25, -0.2) is 9.67 Å². The summed E-state index contributed by atoms with van der Waals surface area (Å²) < 4.78 is 1.72. The van der Waals surface area contributed by atoms with Crippen LogP contribution in [0.3, 0.4) is 0 Å². The molecule has 1 fully saturated rings. The van der Waals surface area contributed by atoms with Gasteiger partial charge < -0.3 is 10.2 Å². The Morgan fingerprint density at radius 3 is 2.72 bits per heavy atom. The molecular weight excluding hydrogens is 338 g/mol. The zero-order valence-corrected chi connectivity index (χ0v) is 15.8. The summed E-state index contributed by atoms with van der Waals surface area (Å²) in [6, 6.07) is 5.92. The van der Waals surface area contributed by atoms with Crippen LogP contribution in [0.5, 0.6) is 0 Å². The number of nitrogens with zero attached hydrogens (tertiary/aromatic N) is 4. The quantitative estimate of drug-likeness (QED) is 0.909. The summed E-state index contributed by atoms with van der Waals surface area (Å²) in [7, 11) is 4.09. The molecule has 0 spiro atoms. The van der Waals surface area contributed by atoms with Crippen molar-refractivity contribution in [2.24, 2.45) is 0 Å². The highest BCUT2D eigenvalue weighted by Crippen LogP contribution is 2.24. The number of likely N-dealkylation sites (N-methyl/N-ethyl adjacent to an activating group) is 1. The lowest BCUT2D eigenvalue weighted by atomic mass is 10.1. The normalized spacial score (nSPS) is 20.2. The first-order valence-electron chi connectivity index (χ1n) is 8.54. The molecule has 1 N–H and O–H groups in total. The molecule has 2 heterocycles. The molecule has 0 radical (unpaired) electrons. The van der Waals surface area contributed by atoms with E-state index in [1.54, 1.807) is 16.8 Å². The van der Waals surface area contributed by atoms with E-state index in [1.807, 2.05) is 34.0 Å². The zero-order valence-electron chi connectivity index (χ0n) is 15.1. The van der Waals surface area contributed by atoms with E-state index in [2.05, 4.69) is 20.3 Å². The zero-order chi connectivity index (χ0) is 18.1. The lowest BCUT2D eigenvalue weighted by Crippen LogP contribution is -2.46. The van der Waals surface area contributed by atoms with E-state index < -0.39 is 0 Å². The van der Waals surface area contributed by atoms with Gasteiger partial charge in [0.1, 0.15) is 5.69 Å². The van der Waals surface area contributed by atoms with Crippen molar-refractivity contribution in [1.82, 2.24) is 25.0 Å². The number of nitrogens with one attached hydrogen (secondary N) is 1. The SMILES string of the molecule is Cc1cc(C)n(-c2ccc(Cl)c(C(=O)N[C@@H]3CCC[C@H]3N(C)C)n2)n1. The van der Waals surface area contributed by atoms with Crippen LogP contribution in [0.25, 0.3) is 5.82 Å². The molecule has 1 amide bonds. The highest BCUT2D eigenvalue weighted by Gasteiger charge is 2.31. The number of aryl methyl sites for hydroxylation is 2. The standard InChI is InChI=1S/C18H24ClN5O/c1-11-10-12(2)24(22-11)16-9-8-13(19)17(21-16)18(25)20-14-6-5-7-15(14)23(3)4/h8-10,14-15H,5-7H2,1-4H3,(H,20,25)/t14-,15-/m1/s1. The predicted molar refractivity (Wildman–Crippen MR) is 98.4 cm³/mol. The number of hydrogen-bond acceptors (Lipinski definition) is 4. The maximum absolute atomic E-state index is 12.8. The molecule has 2 aromatic rings. The van der Waals surface area contributed by atoms with Crippen molar-refractivity contribution in [3.8, 4) is 5.82 Å². The molecule has 134 valence electrons. The summed E-state index contributed by atoms with van der Waals surface area (Å²) in [6.45, 7) is 3.88. The Balaban J connectivity index is 1.85. The summed E-state index contributed by atoms with van der Waals surface area (Å²) >= 11 is 6.24. The third-order valence-electron chi connectivity index (χ3n) is 4.73. The van der Waals surface area contributed by atoms with E-state index in [-0.39, 0.29) is 17.6 Å². The first-order valence-corrected chi connectivity index (χ1v) is 8.92. The fourth-order valence-corrected chi connectivity index (χ4v) is 3.72. The maximum atomic E-state index is 12.8. The minimum absolute atomic E-state index is 0.123. The smallest absolute Gasteiger partial charge is 0.271 e. The molecule has 0 unspecified atom stereocenters. The van der Waals surface area contributed by atoms with Crippen LogP contribution in [0.4, 0.5) is 0 Å². The van der Waals surface area contributed by atoms with Crippen molar-refractivity contribution in [2.75, 3.05) is 14.1 Å². The molecule has 7 heteroatoms. The summed E-state index contributed by atoms with van der Waals surface area (Å²) in [5.74, 6) is 0.364. The van der Waals surface area contributed by atoms with Crippen molar-refractivity contribution in [2.45, 2.75) is 45.2 Å². The molecule has 3 rings (SSSR count). The molecule has 0 aromatic carbocycles. The molecule has 1 aliphatic rings. The van der Waals surface area contributed by atoms with Crippen molar-refractivity contribution in [3.63, 3.8) is 0 Å². The van der Waals surface area contributed by atoms with Gasteiger partial charge in [-0.2, -0.15) is 5.10 Å². The van der Waals surface area contributed by atoms with Crippen LogP contribution >= 0.6 is 11.6 Å². The van der Waals surface area contributed by atoms with Crippen LogP contribution in [0.2, 0.25) is 5.02 Å². The third-order valence-corrected chi connectivity index (χ3v) is 5.04. The summed E-state index contributed by atoms with van der Waals surface area (Å²) in [6.07, 6.45) is 3.18. The van der Waals surface area contributed by atoms with Crippen molar-refractivity contribution < 1.29 is 4.79 Å². The van der Waals surface area contributed by atoms with E-state index in [4.69, 9.17) is 11.6 Å². The van der Waals surface area contributed by atoms with Gasteiger partial charge in [0.05, 0.1) is 10.7 Å². The molecule has 0 bridgehead atoms. The van der Waals surface area contributed by atoms with Crippen LogP contribution in [0, 0.1) is 13.8 Å². The molecule has 25 heavy (non-hydrogen) atoms. The highest BCUT2D eigenvalue weighted by molar-refractivity contribution is 6.33. The van der Waals surface area contributed by atoms with Gasteiger partial charge in [0.2, 0.25) is 0 Å². The maximum Gasteiger partial charge on any atom is 0.271 e. The number of aromatic nitrogens is 3. The fourth-order valence-electron chi connectivity index (χ4n) is 3.53. The predicted octanol–water partition coefficient (Wildman–Crippen LogP) is 2.75. The molecule has 1 saturated carbocycles. The summed E-state index contributed by atoms with van der Waals surface area (Å²) in [5, 5.41) is 7.88. The number of halogens is 1. The fraction of sp³-hybridized carbons (Fsp3) is 0.500. The number of carbonyl (C=O) groups excluding carboxylic acids is 1. The van der Waals surface area contributed by atoms with Crippen LogP contribution in [0.15, 0.2) is 18.2 Å². The van der Waals surface area contributed by atoms with Gasteiger partial charge in [-0.15, -0.1) is 0 Å². The van der Waals surface area contributed by atoms with Crippen molar-refractivity contribution in [3.05, 3.63) is 40.3 Å². The highest BCUT2D eigenvalue weighted by atomic mass is 35.5. The van der Waals surface area contributed by atoms with Crippen molar-refractivity contribution >= 4 is 17.5 Å². The Bertz CT molecular complexity index is 786. The lowest BCUT2D eigenvalue weighted by molar-refractivity contribution is 0.0914. The first-order chi connectivity index (χ1) is 11.9. The van der Waals surface area contributed by atoms with Gasteiger partial charge in [0.25, 0.3) is 5.91 Å².